The fourth-order valence-corrected chi connectivity index (χ4v) is 8.13. The Morgan fingerprint density at radius 3 is 1.02 bits per heavy atom. The van der Waals surface area contributed by atoms with Crippen LogP contribution in [0.1, 0.15) is 271 Å². The minimum absolute atomic E-state index is 0.167. The van der Waals surface area contributed by atoms with Gasteiger partial charge in [-0.15, -0.1) is 0 Å². The molecular formula is C50H92O8. The Labute approximate surface area is 356 Å². The SMILES string of the molecule is CCCCCCCCCCCCCCCCCCCCCC(=O)OC[C@H](OC(=O)CCCCCCCCCCCCCCCCCCCCC)[C@H]1OC(=O)C(O)C1=O. The molecule has 0 saturated carbocycles. The van der Waals surface area contributed by atoms with Crippen molar-refractivity contribution in [2.45, 2.75) is 289 Å². The number of cyclic esters (lactones) is 1. The molecule has 0 aliphatic carbocycles. The molecule has 1 heterocycles. The van der Waals surface area contributed by atoms with E-state index in [1.807, 2.05) is 0 Å². The molecule has 8 heteroatoms. The number of hydrogen-bond donors (Lipinski definition) is 1. The predicted octanol–water partition coefficient (Wildman–Crippen LogP) is 13.9. The molecule has 58 heavy (non-hydrogen) atoms. The second-order valence-electron chi connectivity index (χ2n) is 17.6. The first-order chi connectivity index (χ1) is 28.4. The topological polar surface area (TPSA) is 116 Å². The second kappa shape index (κ2) is 40.4. The van der Waals surface area contributed by atoms with Gasteiger partial charge < -0.3 is 19.3 Å². The van der Waals surface area contributed by atoms with E-state index in [9.17, 15) is 24.3 Å². The molecule has 1 unspecified atom stereocenters. The van der Waals surface area contributed by atoms with Crippen LogP contribution in [0.5, 0.6) is 0 Å². The molecule has 1 fully saturated rings. The van der Waals surface area contributed by atoms with Gasteiger partial charge in [-0.2, -0.15) is 0 Å². The van der Waals surface area contributed by atoms with Crippen LogP contribution in [0.3, 0.4) is 0 Å². The maximum absolute atomic E-state index is 12.7. The van der Waals surface area contributed by atoms with Gasteiger partial charge in [-0.25, -0.2) is 4.79 Å². The summed E-state index contributed by atoms with van der Waals surface area (Å²) in [6, 6.07) is 0. The molecule has 3 atom stereocenters. The number of rotatable bonds is 44. The summed E-state index contributed by atoms with van der Waals surface area (Å²) in [4.78, 5) is 49.5. The van der Waals surface area contributed by atoms with Crippen LogP contribution in [0.25, 0.3) is 0 Å². The first kappa shape index (κ1) is 54.1. The van der Waals surface area contributed by atoms with Crippen molar-refractivity contribution >= 4 is 23.7 Å². The molecule has 0 spiro atoms. The molecular weight excluding hydrogens is 729 g/mol. The molecule has 1 aliphatic heterocycles. The van der Waals surface area contributed by atoms with Crippen LogP contribution in [0.4, 0.5) is 0 Å². The van der Waals surface area contributed by atoms with Crippen LogP contribution in [-0.4, -0.2) is 53.7 Å². The summed E-state index contributed by atoms with van der Waals surface area (Å²) in [6.07, 6.45) is 44.2. The van der Waals surface area contributed by atoms with E-state index >= 15 is 0 Å². The highest BCUT2D eigenvalue weighted by molar-refractivity contribution is 6.09. The van der Waals surface area contributed by atoms with E-state index in [2.05, 4.69) is 13.8 Å². The number of carbonyl (C=O) groups excluding carboxylic acids is 4. The molecule has 0 bridgehead atoms. The van der Waals surface area contributed by atoms with Gasteiger partial charge in [0.1, 0.15) is 6.61 Å². The lowest BCUT2D eigenvalue weighted by molar-refractivity contribution is -0.172. The van der Waals surface area contributed by atoms with E-state index in [1.165, 1.54) is 199 Å². The second-order valence-corrected chi connectivity index (χ2v) is 17.6. The number of unbranched alkanes of at least 4 members (excludes halogenated alkanes) is 36. The minimum atomic E-state index is -1.91. The Hall–Kier alpha value is -1.96. The molecule has 1 aliphatic rings. The van der Waals surface area contributed by atoms with E-state index < -0.39 is 42.0 Å². The van der Waals surface area contributed by atoms with Crippen LogP contribution in [0.15, 0.2) is 0 Å². The summed E-state index contributed by atoms with van der Waals surface area (Å²) in [5, 5.41) is 9.83. The number of aliphatic hydroxyl groups is 1. The molecule has 340 valence electrons. The molecule has 1 rings (SSSR count). The average molecular weight is 821 g/mol. The normalized spacial score (nSPS) is 15.8. The summed E-state index contributed by atoms with van der Waals surface area (Å²) in [5.41, 5.74) is 0. The largest absolute Gasteiger partial charge is 0.462 e. The number of ether oxygens (including phenoxy) is 3. The number of hydrogen-bond acceptors (Lipinski definition) is 8. The number of carbonyl (C=O) groups is 4. The van der Waals surface area contributed by atoms with Crippen molar-refractivity contribution in [3.05, 3.63) is 0 Å². The third-order valence-corrected chi connectivity index (χ3v) is 12.0. The lowest BCUT2D eigenvalue weighted by atomic mass is 10.0. The highest BCUT2D eigenvalue weighted by atomic mass is 16.6. The first-order valence-corrected chi connectivity index (χ1v) is 25.2. The Morgan fingerprint density at radius 1 is 0.466 bits per heavy atom. The van der Waals surface area contributed by atoms with E-state index in [-0.39, 0.29) is 19.4 Å². The van der Waals surface area contributed by atoms with Crippen molar-refractivity contribution < 1.29 is 38.5 Å². The van der Waals surface area contributed by atoms with Gasteiger partial charge in [-0.3, -0.25) is 14.4 Å². The molecule has 8 nitrogen and oxygen atoms in total. The Morgan fingerprint density at radius 2 is 0.741 bits per heavy atom. The van der Waals surface area contributed by atoms with Crippen molar-refractivity contribution in [3.8, 4) is 0 Å². The molecule has 0 aromatic rings. The highest BCUT2D eigenvalue weighted by Gasteiger charge is 2.48. The number of aliphatic hydroxyl groups excluding tert-OH is 1. The van der Waals surface area contributed by atoms with Crippen molar-refractivity contribution in [2.75, 3.05) is 6.61 Å². The van der Waals surface area contributed by atoms with E-state index in [0.29, 0.717) is 12.8 Å². The molecule has 1 N–H and O–H groups in total. The summed E-state index contributed by atoms with van der Waals surface area (Å²) >= 11 is 0. The maximum Gasteiger partial charge on any atom is 0.343 e. The number of ketones is 1. The van der Waals surface area contributed by atoms with Crippen LogP contribution in [0.2, 0.25) is 0 Å². The molecule has 0 radical (unpaired) electrons. The summed E-state index contributed by atoms with van der Waals surface area (Å²) in [5.74, 6) is -2.92. The zero-order valence-corrected chi connectivity index (χ0v) is 38.0. The average Bonchev–Trinajstić information content (AvgIpc) is 3.47. The molecule has 1 saturated heterocycles. The van der Waals surface area contributed by atoms with Crippen LogP contribution >= 0.6 is 0 Å². The van der Waals surface area contributed by atoms with Gasteiger partial charge in [-0.05, 0) is 12.8 Å². The molecule has 0 aromatic heterocycles. The fourth-order valence-electron chi connectivity index (χ4n) is 8.13. The van der Waals surface area contributed by atoms with Crippen LogP contribution in [-0.2, 0) is 33.4 Å². The first-order valence-electron chi connectivity index (χ1n) is 25.2. The smallest absolute Gasteiger partial charge is 0.343 e. The van der Waals surface area contributed by atoms with Gasteiger partial charge in [0.2, 0.25) is 18.0 Å². The molecule has 0 amide bonds. The monoisotopic (exact) mass is 821 g/mol. The van der Waals surface area contributed by atoms with Gasteiger partial charge in [0, 0.05) is 12.8 Å². The van der Waals surface area contributed by atoms with Gasteiger partial charge in [0.25, 0.3) is 0 Å². The Kier molecular flexibility index (Phi) is 37.7. The third kappa shape index (κ3) is 31.9. The predicted molar refractivity (Wildman–Crippen MR) is 238 cm³/mol. The Bertz CT molecular complexity index is 983. The van der Waals surface area contributed by atoms with Crippen molar-refractivity contribution in [1.82, 2.24) is 0 Å². The van der Waals surface area contributed by atoms with E-state index in [1.54, 1.807) is 0 Å². The van der Waals surface area contributed by atoms with E-state index in [0.717, 1.165) is 32.1 Å². The third-order valence-electron chi connectivity index (χ3n) is 12.0. The summed E-state index contributed by atoms with van der Waals surface area (Å²) in [7, 11) is 0. The van der Waals surface area contributed by atoms with Crippen LogP contribution in [0, 0.1) is 0 Å². The lowest BCUT2D eigenvalue weighted by Gasteiger charge is -2.21. The van der Waals surface area contributed by atoms with Crippen LogP contribution < -0.4 is 0 Å². The van der Waals surface area contributed by atoms with Crippen molar-refractivity contribution in [3.63, 3.8) is 0 Å². The lowest BCUT2D eigenvalue weighted by Crippen LogP contribution is -2.41. The van der Waals surface area contributed by atoms with Gasteiger partial charge >= 0.3 is 17.9 Å². The zero-order valence-electron chi connectivity index (χ0n) is 38.0. The van der Waals surface area contributed by atoms with Gasteiger partial charge in [0.15, 0.2) is 6.10 Å². The number of esters is 3. The van der Waals surface area contributed by atoms with Crippen molar-refractivity contribution in [1.29, 1.82) is 0 Å². The van der Waals surface area contributed by atoms with Gasteiger partial charge in [0.05, 0.1) is 0 Å². The van der Waals surface area contributed by atoms with Gasteiger partial charge in [-0.1, -0.05) is 245 Å². The minimum Gasteiger partial charge on any atom is -0.462 e. The van der Waals surface area contributed by atoms with E-state index in [4.69, 9.17) is 14.2 Å². The van der Waals surface area contributed by atoms with Crippen molar-refractivity contribution in [2.24, 2.45) is 0 Å². The highest BCUT2D eigenvalue weighted by Crippen LogP contribution is 2.21. The summed E-state index contributed by atoms with van der Waals surface area (Å²) < 4.78 is 15.9. The zero-order chi connectivity index (χ0) is 42.2. The number of Topliss-reactive ketones (excluding diaryl/α,β-unsaturated/α-hetero) is 1. The Balaban J connectivity index is 2.07. The fraction of sp³-hybridized carbons (Fsp3) is 0.920. The quantitative estimate of drug-likeness (QED) is 0.0279. The summed E-state index contributed by atoms with van der Waals surface area (Å²) in [6.45, 7) is 4.15. The standard InChI is InChI=1S/C50H92O8/c1-3-5-7-9-11-13-15-17-19-21-23-25-27-29-31-33-35-37-39-41-45(51)56-43-44(49-47(53)48(54)50(55)58-49)57-46(52)42-40-38-36-34-32-30-28-26-24-22-20-18-16-14-12-10-8-6-4-2/h44,48-49,54H,3-43H2,1-2H3/t44-,48?,49+/m0/s1. The maximum atomic E-state index is 12.7. The molecule has 0 aromatic carbocycles.